The van der Waals surface area contributed by atoms with Crippen LogP contribution >= 0.6 is 0 Å². The van der Waals surface area contributed by atoms with E-state index < -0.39 is 54.4 Å². The molecule has 48 heavy (non-hydrogen) atoms. The molecule has 0 saturated heterocycles. The van der Waals surface area contributed by atoms with Crippen LogP contribution in [0.25, 0.3) is 0 Å². The zero-order valence-electron chi connectivity index (χ0n) is 26.7. The predicted molar refractivity (Wildman–Crippen MR) is 179 cm³/mol. The molecule has 6 rings (SSSR count). The molecule has 0 heterocycles. The lowest BCUT2D eigenvalue weighted by Crippen LogP contribution is -2.45. The summed E-state index contributed by atoms with van der Waals surface area (Å²) in [6.45, 7) is 0.256. The number of fused-ring (bicyclic) bond motifs is 2. The molecular weight excluding hydrogens is 608 g/mol. The lowest BCUT2D eigenvalue weighted by atomic mass is 10.0. The normalized spacial score (nSPS) is 20.9. The van der Waals surface area contributed by atoms with E-state index in [0.29, 0.717) is 12.8 Å². The Bertz CT molecular complexity index is 1540. The second-order valence-electron chi connectivity index (χ2n) is 12.6. The summed E-state index contributed by atoms with van der Waals surface area (Å²) in [7, 11) is 0. The maximum atomic E-state index is 13.7. The highest BCUT2D eigenvalue weighted by atomic mass is 16.5. The number of nitrogens with one attached hydrogen (secondary N) is 2. The first kappa shape index (κ1) is 33.5. The summed E-state index contributed by atoms with van der Waals surface area (Å²) in [5.41, 5.74) is 5.35. The zero-order chi connectivity index (χ0) is 33.5. The van der Waals surface area contributed by atoms with Crippen molar-refractivity contribution < 1.29 is 34.4 Å². The SMILES string of the molecule is O=C(N[C@H]1c2ccccc2C[C@H]1O)[C@@H](CC(O)C[C@@H](OCc1ccccc1)C(=O)N[C@H]1c2ccccc2C[C@H]1O)OCc1ccccc1. The van der Waals surface area contributed by atoms with Gasteiger partial charge in [0.25, 0.3) is 0 Å². The van der Waals surface area contributed by atoms with Crippen molar-refractivity contribution in [1.29, 1.82) is 0 Å². The molecule has 0 fully saturated rings. The van der Waals surface area contributed by atoms with Gasteiger partial charge in [0.15, 0.2) is 0 Å². The topological polar surface area (TPSA) is 137 Å². The van der Waals surface area contributed by atoms with E-state index in [1.54, 1.807) is 0 Å². The van der Waals surface area contributed by atoms with Gasteiger partial charge in [-0.25, -0.2) is 0 Å². The van der Waals surface area contributed by atoms with Crippen LogP contribution in [-0.2, 0) is 45.1 Å². The highest BCUT2D eigenvalue weighted by Gasteiger charge is 2.37. The number of amides is 2. The van der Waals surface area contributed by atoms with Crippen LogP contribution in [0.3, 0.4) is 0 Å². The van der Waals surface area contributed by atoms with Gasteiger partial charge < -0.3 is 35.4 Å². The minimum atomic E-state index is -1.16. The molecule has 4 aromatic rings. The molecule has 0 unspecified atom stereocenters. The predicted octanol–water partition coefficient (Wildman–Crippen LogP) is 3.85. The largest absolute Gasteiger partial charge is 0.393 e. The Hall–Kier alpha value is -4.38. The molecule has 9 heteroatoms. The third-order valence-electron chi connectivity index (χ3n) is 9.15. The molecule has 0 bridgehead atoms. The second-order valence-corrected chi connectivity index (χ2v) is 12.6. The third-order valence-corrected chi connectivity index (χ3v) is 9.15. The van der Waals surface area contributed by atoms with E-state index in [-0.39, 0.29) is 26.1 Å². The lowest BCUT2D eigenvalue weighted by molar-refractivity contribution is -0.140. The fraction of sp³-hybridized carbons (Fsp3) is 0.333. The minimum absolute atomic E-state index is 0.115. The molecule has 0 radical (unpaired) electrons. The van der Waals surface area contributed by atoms with E-state index in [2.05, 4.69) is 10.6 Å². The molecule has 0 aromatic heterocycles. The van der Waals surface area contributed by atoms with Crippen LogP contribution in [0.1, 0.15) is 58.3 Å². The summed E-state index contributed by atoms with van der Waals surface area (Å²) >= 11 is 0. The van der Waals surface area contributed by atoms with E-state index in [1.165, 1.54) is 0 Å². The van der Waals surface area contributed by atoms with Gasteiger partial charge >= 0.3 is 0 Å². The Balaban J connectivity index is 1.17. The maximum absolute atomic E-state index is 13.7. The molecule has 0 aliphatic heterocycles. The Kier molecular flexibility index (Phi) is 10.9. The molecule has 9 nitrogen and oxygen atoms in total. The van der Waals surface area contributed by atoms with Crippen molar-refractivity contribution in [1.82, 2.24) is 10.6 Å². The van der Waals surface area contributed by atoms with Crippen LogP contribution in [-0.4, -0.2) is 57.7 Å². The van der Waals surface area contributed by atoms with Crippen LogP contribution in [0, 0.1) is 0 Å². The van der Waals surface area contributed by atoms with Crippen molar-refractivity contribution in [3.8, 4) is 0 Å². The number of benzene rings is 4. The van der Waals surface area contributed by atoms with Gasteiger partial charge in [-0.15, -0.1) is 0 Å². The first-order valence-electron chi connectivity index (χ1n) is 16.5. The summed E-state index contributed by atoms with van der Waals surface area (Å²) in [4.78, 5) is 27.5. The number of aliphatic hydroxyl groups excluding tert-OH is 3. The monoisotopic (exact) mass is 650 g/mol. The standard InChI is InChI=1S/C39H42N2O7/c42-29(21-34(47-23-25-11-3-1-4-12-25)38(45)40-36-30-17-9-7-15-27(30)19-32(36)43)22-35(48-24-26-13-5-2-6-14-26)39(46)41-37-31-18-10-8-16-28(31)20-33(37)44/h1-18,29,32-37,42-44H,19-24H2,(H,40,45)(H,41,46)/t32-,33-,34-,35-,36+,37+/m1/s1. The number of rotatable bonds is 14. The first-order chi connectivity index (χ1) is 23.4. The van der Waals surface area contributed by atoms with Gasteiger partial charge in [-0.2, -0.15) is 0 Å². The van der Waals surface area contributed by atoms with Crippen molar-refractivity contribution in [2.24, 2.45) is 0 Å². The van der Waals surface area contributed by atoms with Crippen molar-refractivity contribution in [3.05, 3.63) is 143 Å². The number of hydrogen-bond donors (Lipinski definition) is 5. The van der Waals surface area contributed by atoms with E-state index in [9.17, 15) is 24.9 Å². The molecule has 4 aromatic carbocycles. The van der Waals surface area contributed by atoms with E-state index in [4.69, 9.17) is 9.47 Å². The van der Waals surface area contributed by atoms with Gasteiger partial charge in [0.2, 0.25) is 11.8 Å². The van der Waals surface area contributed by atoms with Crippen LogP contribution in [0.15, 0.2) is 109 Å². The molecule has 2 aliphatic carbocycles. The van der Waals surface area contributed by atoms with Crippen LogP contribution in [0.4, 0.5) is 0 Å². The summed E-state index contributed by atoms with van der Waals surface area (Å²) in [5, 5.41) is 38.9. The second kappa shape index (κ2) is 15.7. The number of aliphatic hydroxyl groups is 3. The summed E-state index contributed by atoms with van der Waals surface area (Å²) in [6, 6.07) is 32.8. The zero-order valence-corrected chi connectivity index (χ0v) is 26.7. The highest BCUT2D eigenvalue weighted by Crippen LogP contribution is 2.33. The Morgan fingerprint density at radius 2 is 0.979 bits per heavy atom. The number of ether oxygens (including phenoxy) is 2. The maximum Gasteiger partial charge on any atom is 0.249 e. The van der Waals surface area contributed by atoms with Crippen molar-refractivity contribution in [2.75, 3.05) is 0 Å². The molecule has 250 valence electrons. The van der Waals surface area contributed by atoms with E-state index in [1.807, 2.05) is 109 Å². The smallest absolute Gasteiger partial charge is 0.249 e. The summed E-state index contributed by atoms with van der Waals surface area (Å²) in [6.07, 6.45) is -4.28. The number of hydrogen-bond acceptors (Lipinski definition) is 7. The lowest BCUT2D eigenvalue weighted by Gasteiger charge is -2.27. The quantitative estimate of drug-likeness (QED) is 0.140. The highest BCUT2D eigenvalue weighted by molar-refractivity contribution is 5.82. The van der Waals surface area contributed by atoms with Crippen LogP contribution in [0.2, 0.25) is 0 Å². The molecule has 2 aliphatic rings. The van der Waals surface area contributed by atoms with Gasteiger partial charge in [0, 0.05) is 25.7 Å². The molecule has 6 atom stereocenters. The van der Waals surface area contributed by atoms with Gasteiger partial charge in [0.1, 0.15) is 12.2 Å². The Morgan fingerprint density at radius 3 is 1.40 bits per heavy atom. The van der Waals surface area contributed by atoms with E-state index in [0.717, 1.165) is 33.4 Å². The molecule has 5 N–H and O–H groups in total. The molecule has 0 spiro atoms. The fourth-order valence-corrected chi connectivity index (χ4v) is 6.62. The van der Waals surface area contributed by atoms with Crippen LogP contribution in [0.5, 0.6) is 0 Å². The Morgan fingerprint density at radius 1 is 0.604 bits per heavy atom. The first-order valence-corrected chi connectivity index (χ1v) is 16.5. The van der Waals surface area contributed by atoms with Crippen molar-refractivity contribution in [3.63, 3.8) is 0 Å². The van der Waals surface area contributed by atoms with Crippen LogP contribution < -0.4 is 10.6 Å². The summed E-state index contributed by atoms with van der Waals surface area (Å²) in [5.74, 6) is -0.940. The third kappa shape index (κ3) is 8.18. The van der Waals surface area contributed by atoms with Crippen molar-refractivity contribution >= 4 is 11.8 Å². The number of carbonyl (C=O) groups is 2. The average Bonchev–Trinajstić information content (AvgIpc) is 3.59. The molecule has 2 amide bonds. The van der Waals surface area contributed by atoms with Gasteiger partial charge in [-0.05, 0) is 33.4 Å². The van der Waals surface area contributed by atoms with E-state index >= 15 is 0 Å². The van der Waals surface area contributed by atoms with Crippen molar-refractivity contribution in [2.45, 2.75) is 81.5 Å². The average molecular weight is 651 g/mol. The molecular formula is C39H42N2O7. The van der Waals surface area contributed by atoms with Gasteiger partial charge in [0.05, 0.1) is 43.6 Å². The number of carbonyl (C=O) groups excluding carboxylic acids is 2. The fourth-order valence-electron chi connectivity index (χ4n) is 6.62. The molecule has 0 saturated carbocycles. The Labute approximate surface area is 280 Å². The van der Waals surface area contributed by atoms with Gasteiger partial charge in [-0.1, -0.05) is 109 Å². The van der Waals surface area contributed by atoms with Gasteiger partial charge in [-0.3, -0.25) is 9.59 Å². The summed E-state index contributed by atoms with van der Waals surface area (Å²) < 4.78 is 12.2. The minimum Gasteiger partial charge on any atom is -0.393 e.